The van der Waals surface area contributed by atoms with Gasteiger partial charge in [-0.25, -0.2) is 9.97 Å². The van der Waals surface area contributed by atoms with E-state index in [4.69, 9.17) is 14.7 Å². The molecule has 0 spiro atoms. The van der Waals surface area contributed by atoms with E-state index in [1.54, 1.807) is 0 Å². The highest BCUT2D eigenvalue weighted by atomic mass is 16.5. The van der Waals surface area contributed by atoms with Gasteiger partial charge >= 0.3 is 0 Å². The second-order valence-corrected chi connectivity index (χ2v) is 6.38. The van der Waals surface area contributed by atoms with E-state index in [9.17, 15) is 0 Å². The van der Waals surface area contributed by atoms with E-state index in [0.29, 0.717) is 5.92 Å². The van der Waals surface area contributed by atoms with Gasteiger partial charge < -0.3 is 10.1 Å². The summed E-state index contributed by atoms with van der Waals surface area (Å²) in [6, 6.07) is 0. The first-order valence-corrected chi connectivity index (χ1v) is 7.82. The third-order valence-electron chi connectivity index (χ3n) is 4.73. The first kappa shape index (κ1) is 14.0. The molecule has 0 radical (unpaired) electrons. The summed E-state index contributed by atoms with van der Waals surface area (Å²) in [4.78, 5) is 9.80. The molecule has 110 valence electrons. The Bertz CT molecular complexity index is 493. The molecule has 2 aliphatic rings. The molecule has 20 heavy (non-hydrogen) atoms. The molecule has 0 saturated heterocycles. The van der Waals surface area contributed by atoms with Gasteiger partial charge in [0.15, 0.2) is 5.82 Å². The average molecular weight is 275 g/mol. The van der Waals surface area contributed by atoms with Crippen LogP contribution in [0.1, 0.15) is 74.6 Å². The molecule has 0 amide bonds. The second-order valence-electron chi connectivity index (χ2n) is 6.38. The van der Waals surface area contributed by atoms with Gasteiger partial charge in [0.25, 0.3) is 0 Å². The van der Waals surface area contributed by atoms with Crippen molar-refractivity contribution in [1.29, 1.82) is 0 Å². The molecule has 4 nitrogen and oxygen atoms in total. The maximum Gasteiger partial charge on any atom is 0.160 e. The predicted molar refractivity (Wildman–Crippen MR) is 78.4 cm³/mol. The van der Waals surface area contributed by atoms with Crippen LogP contribution in [0.2, 0.25) is 0 Å². The molecule has 4 heteroatoms. The van der Waals surface area contributed by atoms with Gasteiger partial charge in [-0.05, 0) is 18.8 Å². The van der Waals surface area contributed by atoms with E-state index in [-0.39, 0.29) is 5.60 Å². The first-order chi connectivity index (χ1) is 9.66. The fourth-order valence-corrected chi connectivity index (χ4v) is 3.52. The molecule has 1 aliphatic heterocycles. The highest BCUT2D eigenvalue weighted by Gasteiger charge is 2.38. The Balaban J connectivity index is 2.07. The van der Waals surface area contributed by atoms with Crippen molar-refractivity contribution in [3.8, 4) is 0 Å². The molecule has 0 bridgehead atoms. The normalized spacial score (nSPS) is 21.2. The monoisotopic (exact) mass is 275 g/mol. The largest absolute Gasteiger partial charge is 0.370 e. The molecular formula is C16H25N3O. The van der Waals surface area contributed by atoms with Crippen molar-refractivity contribution in [1.82, 2.24) is 15.3 Å². The van der Waals surface area contributed by atoms with Crippen molar-refractivity contribution in [2.24, 2.45) is 0 Å². The number of rotatable bonds is 3. The van der Waals surface area contributed by atoms with Crippen LogP contribution in [0.3, 0.4) is 0 Å². The molecule has 1 saturated carbocycles. The minimum atomic E-state index is -0.250. The molecular weight excluding hydrogens is 250 g/mol. The molecule has 1 aliphatic carbocycles. The van der Waals surface area contributed by atoms with Gasteiger partial charge in [0, 0.05) is 25.8 Å². The minimum absolute atomic E-state index is 0.250. The smallest absolute Gasteiger partial charge is 0.160 e. The van der Waals surface area contributed by atoms with Crippen molar-refractivity contribution >= 4 is 0 Å². The molecule has 1 fully saturated rings. The number of fused-ring (bicyclic) bond motifs is 1. The summed E-state index contributed by atoms with van der Waals surface area (Å²) in [7, 11) is 1.81. The van der Waals surface area contributed by atoms with Gasteiger partial charge in [-0.15, -0.1) is 0 Å². The Morgan fingerprint density at radius 1 is 1.10 bits per heavy atom. The molecule has 0 aromatic carbocycles. The molecule has 0 atom stereocenters. The maximum atomic E-state index is 5.91. The zero-order chi connectivity index (χ0) is 14.2. The van der Waals surface area contributed by atoms with Gasteiger partial charge in [-0.3, -0.25) is 0 Å². The highest BCUT2D eigenvalue weighted by molar-refractivity contribution is 5.32. The molecule has 0 unspecified atom stereocenters. The molecule has 1 N–H and O–H groups in total. The van der Waals surface area contributed by atoms with Crippen LogP contribution in [0.15, 0.2) is 0 Å². The zero-order valence-electron chi connectivity index (χ0n) is 12.8. The highest BCUT2D eigenvalue weighted by Crippen LogP contribution is 2.39. The number of methoxy groups -OCH3 is 1. The Morgan fingerprint density at radius 3 is 2.50 bits per heavy atom. The fraction of sp³-hybridized carbons (Fsp3) is 0.750. The number of ether oxygens (including phenoxy) is 1. The lowest BCUT2D eigenvalue weighted by Crippen LogP contribution is -2.34. The van der Waals surface area contributed by atoms with Crippen molar-refractivity contribution < 1.29 is 4.74 Å². The molecule has 3 rings (SSSR count). The van der Waals surface area contributed by atoms with E-state index in [2.05, 4.69) is 19.2 Å². The summed E-state index contributed by atoms with van der Waals surface area (Å²) in [5.74, 6) is 1.36. The SMILES string of the molecule is COC1(c2nc3c(c(C(C)C)n2)CNC3)CCCCC1. The van der Waals surface area contributed by atoms with Crippen LogP contribution < -0.4 is 5.32 Å². The summed E-state index contributed by atoms with van der Waals surface area (Å²) in [5, 5.41) is 3.40. The minimum Gasteiger partial charge on any atom is -0.370 e. The van der Waals surface area contributed by atoms with Crippen LogP contribution in [0.5, 0.6) is 0 Å². The standard InChI is InChI=1S/C16H25N3O/c1-11(2)14-12-9-17-10-13(12)18-15(19-14)16(20-3)7-5-4-6-8-16/h11,17H,4-10H2,1-3H3. The predicted octanol–water partition coefficient (Wildman–Crippen LogP) is 3.01. The van der Waals surface area contributed by atoms with Gasteiger partial charge in [0.2, 0.25) is 0 Å². The lowest BCUT2D eigenvalue weighted by atomic mass is 9.83. The van der Waals surface area contributed by atoms with Crippen molar-refractivity contribution in [2.45, 2.75) is 70.6 Å². The van der Waals surface area contributed by atoms with Gasteiger partial charge in [-0.2, -0.15) is 0 Å². The maximum absolute atomic E-state index is 5.91. The fourth-order valence-electron chi connectivity index (χ4n) is 3.52. The van der Waals surface area contributed by atoms with E-state index < -0.39 is 0 Å². The summed E-state index contributed by atoms with van der Waals surface area (Å²) in [6.07, 6.45) is 5.82. The van der Waals surface area contributed by atoms with Crippen LogP contribution in [-0.4, -0.2) is 17.1 Å². The van der Waals surface area contributed by atoms with Crippen molar-refractivity contribution in [3.63, 3.8) is 0 Å². The molecule has 2 heterocycles. The van der Waals surface area contributed by atoms with Crippen molar-refractivity contribution in [3.05, 3.63) is 22.8 Å². The van der Waals surface area contributed by atoms with E-state index in [1.807, 2.05) is 7.11 Å². The third-order valence-corrected chi connectivity index (χ3v) is 4.73. The van der Waals surface area contributed by atoms with Crippen LogP contribution in [0, 0.1) is 0 Å². The van der Waals surface area contributed by atoms with E-state index in [0.717, 1.165) is 31.8 Å². The lowest BCUT2D eigenvalue weighted by Gasteiger charge is -2.35. The van der Waals surface area contributed by atoms with Crippen LogP contribution in [0.4, 0.5) is 0 Å². The van der Waals surface area contributed by atoms with Crippen LogP contribution >= 0.6 is 0 Å². The summed E-state index contributed by atoms with van der Waals surface area (Å²) < 4.78 is 5.91. The lowest BCUT2D eigenvalue weighted by molar-refractivity contribution is -0.0518. The Kier molecular flexibility index (Phi) is 3.78. The number of hydrogen-bond acceptors (Lipinski definition) is 4. The van der Waals surface area contributed by atoms with Crippen LogP contribution in [-0.2, 0) is 23.4 Å². The van der Waals surface area contributed by atoms with Gasteiger partial charge in [-0.1, -0.05) is 33.1 Å². The van der Waals surface area contributed by atoms with Gasteiger partial charge in [0.1, 0.15) is 5.60 Å². The molecule has 1 aromatic rings. The second kappa shape index (κ2) is 5.41. The number of nitrogens with one attached hydrogen (secondary N) is 1. The zero-order valence-corrected chi connectivity index (χ0v) is 12.8. The quantitative estimate of drug-likeness (QED) is 0.921. The molecule has 1 aromatic heterocycles. The number of aromatic nitrogens is 2. The average Bonchev–Trinajstić information content (AvgIpc) is 2.95. The summed E-state index contributed by atoms with van der Waals surface area (Å²) in [6.45, 7) is 6.20. The van der Waals surface area contributed by atoms with Crippen molar-refractivity contribution in [2.75, 3.05) is 7.11 Å². The third kappa shape index (κ3) is 2.25. The van der Waals surface area contributed by atoms with Gasteiger partial charge in [0.05, 0.1) is 11.4 Å². The summed E-state index contributed by atoms with van der Waals surface area (Å²) >= 11 is 0. The van der Waals surface area contributed by atoms with E-state index in [1.165, 1.54) is 36.2 Å². The topological polar surface area (TPSA) is 47.0 Å². The summed E-state index contributed by atoms with van der Waals surface area (Å²) in [5.41, 5.74) is 3.45. The Labute approximate surface area is 121 Å². The van der Waals surface area contributed by atoms with E-state index >= 15 is 0 Å². The number of nitrogens with zero attached hydrogens (tertiary/aromatic N) is 2. The Hall–Kier alpha value is -1.00. The Morgan fingerprint density at radius 2 is 1.85 bits per heavy atom. The van der Waals surface area contributed by atoms with Crippen LogP contribution in [0.25, 0.3) is 0 Å². The number of hydrogen-bond donors (Lipinski definition) is 1. The first-order valence-electron chi connectivity index (χ1n) is 7.82.